The number of anilines is 3. The first-order valence-electron chi connectivity index (χ1n) is 21.9. The van der Waals surface area contributed by atoms with E-state index < -0.39 is 5.41 Å². The molecule has 11 aromatic rings. The molecular formula is C61H38ClNO. The summed E-state index contributed by atoms with van der Waals surface area (Å²) in [5, 5.41) is 2.97. The lowest BCUT2D eigenvalue weighted by Crippen LogP contribution is -2.25. The van der Waals surface area contributed by atoms with Crippen LogP contribution >= 0.6 is 11.6 Å². The number of rotatable bonds is 6. The summed E-state index contributed by atoms with van der Waals surface area (Å²) in [6.45, 7) is 0. The SMILES string of the molecule is Clc1c(-c2ccc(N(c3ccc(-c4ccccc4)cc3)c3ccc4c(c3)oc3cc(-c5ccccc5)ccc34)cc2)ccc2c1-c1ccccc1C21c2ccccc2-c2ccccc21. The minimum Gasteiger partial charge on any atom is -0.456 e. The van der Waals surface area contributed by atoms with Crippen LogP contribution in [0, 0.1) is 0 Å². The van der Waals surface area contributed by atoms with Gasteiger partial charge in [-0.15, -0.1) is 0 Å². The lowest BCUT2D eigenvalue weighted by atomic mass is 9.70. The van der Waals surface area contributed by atoms with Gasteiger partial charge in [-0.25, -0.2) is 0 Å². The highest BCUT2D eigenvalue weighted by Crippen LogP contribution is 2.64. The van der Waals surface area contributed by atoms with E-state index >= 15 is 0 Å². The van der Waals surface area contributed by atoms with Crippen molar-refractivity contribution in [3.8, 4) is 55.6 Å². The van der Waals surface area contributed by atoms with Crippen LogP contribution in [0.4, 0.5) is 17.1 Å². The van der Waals surface area contributed by atoms with E-state index in [-0.39, 0.29) is 0 Å². The monoisotopic (exact) mass is 835 g/mol. The van der Waals surface area contributed by atoms with Gasteiger partial charge >= 0.3 is 0 Å². The van der Waals surface area contributed by atoms with Gasteiger partial charge in [-0.3, -0.25) is 0 Å². The molecule has 3 heteroatoms. The van der Waals surface area contributed by atoms with E-state index in [1.807, 2.05) is 6.07 Å². The molecule has 0 N–H and O–H groups in total. The predicted octanol–water partition coefficient (Wildman–Crippen LogP) is 17.1. The summed E-state index contributed by atoms with van der Waals surface area (Å²) in [6, 6.07) is 82.8. The van der Waals surface area contributed by atoms with Crippen molar-refractivity contribution in [1.82, 2.24) is 0 Å². The van der Waals surface area contributed by atoms with Gasteiger partial charge in [0, 0.05) is 45.0 Å². The molecule has 0 atom stereocenters. The van der Waals surface area contributed by atoms with Gasteiger partial charge in [0.2, 0.25) is 0 Å². The lowest BCUT2D eigenvalue weighted by Gasteiger charge is -2.30. The first-order valence-corrected chi connectivity index (χ1v) is 22.2. The number of hydrogen-bond acceptors (Lipinski definition) is 2. The second kappa shape index (κ2) is 14.3. The minimum absolute atomic E-state index is 0.438. The maximum absolute atomic E-state index is 7.70. The Morgan fingerprint density at radius 3 is 1.41 bits per heavy atom. The van der Waals surface area contributed by atoms with E-state index in [0.29, 0.717) is 0 Å². The zero-order chi connectivity index (χ0) is 42.4. The van der Waals surface area contributed by atoms with Crippen LogP contribution in [0.25, 0.3) is 77.6 Å². The van der Waals surface area contributed by atoms with Crippen LogP contribution in [0.1, 0.15) is 22.3 Å². The molecular weight excluding hydrogens is 798 g/mol. The first-order chi connectivity index (χ1) is 31.6. The highest BCUT2D eigenvalue weighted by Gasteiger charge is 2.52. The van der Waals surface area contributed by atoms with Crippen molar-refractivity contribution in [3.05, 3.63) is 258 Å². The number of nitrogens with zero attached hydrogens (tertiary/aromatic N) is 1. The molecule has 0 amide bonds. The maximum Gasteiger partial charge on any atom is 0.137 e. The highest BCUT2D eigenvalue weighted by molar-refractivity contribution is 6.37. The lowest BCUT2D eigenvalue weighted by molar-refractivity contribution is 0.669. The van der Waals surface area contributed by atoms with Gasteiger partial charge in [0.1, 0.15) is 11.2 Å². The Morgan fingerprint density at radius 2 is 0.781 bits per heavy atom. The Labute approximate surface area is 376 Å². The molecule has 300 valence electrons. The number of benzene rings is 10. The minimum atomic E-state index is -0.438. The van der Waals surface area contributed by atoms with Gasteiger partial charge in [0.05, 0.1) is 10.4 Å². The van der Waals surface area contributed by atoms with E-state index in [4.69, 9.17) is 16.0 Å². The third kappa shape index (κ3) is 5.40. The summed E-state index contributed by atoms with van der Waals surface area (Å²) >= 11 is 7.70. The molecule has 0 bridgehead atoms. The Bertz CT molecular complexity index is 3560. The van der Waals surface area contributed by atoms with Crippen LogP contribution in [-0.2, 0) is 5.41 Å². The molecule has 0 aliphatic heterocycles. The van der Waals surface area contributed by atoms with E-state index in [0.717, 1.165) is 66.3 Å². The Balaban J connectivity index is 0.922. The van der Waals surface area contributed by atoms with Crippen molar-refractivity contribution in [2.24, 2.45) is 0 Å². The van der Waals surface area contributed by atoms with Gasteiger partial charge in [0.15, 0.2) is 0 Å². The molecule has 1 aromatic heterocycles. The zero-order valence-corrected chi connectivity index (χ0v) is 35.4. The molecule has 2 aliphatic carbocycles. The van der Waals surface area contributed by atoms with Gasteiger partial charge in [0.25, 0.3) is 0 Å². The molecule has 0 radical (unpaired) electrons. The number of furan rings is 1. The van der Waals surface area contributed by atoms with Crippen molar-refractivity contribution in [2.45, 2.75) is 5.41 Å². The molecule has 0 saturated carbocycles. The van der Waals surface area contributed by atoms with Crippen molar-refractivity contribution in [2.75, 3.05) is 4.90 Å². The fraction of sp³-hybridized carbons (Fsp3) is 0.0164. The summed E-state index contributed by atoms with van der Waals surface area (Å²) in [5.74, 6) is 0. The standard InChI is InChI=1S/C61H38ClNO/c62-60-47(35-36-56-59(60)52-19-9-12-22-55(52)61(56)53-20-10-7-17-48(53)49-18-8-11-21-54(49)61)42-25-30-45(31-26-42)63(44-28-23-41(24-29-44)39-13-3-1-4-14-39)46-32-34-51-50-33-27-43(40-15-5-2-6-16-40)37-57(50)64-58(51)38-46/h1-38H. The van der Waals surface area contributed by atoms with Crippen LogP contribution in [0.3, 0.4) is 0 Å². The number of halogens is 1. The molecule has 64 heavy (non-hydrogen) atoms. The van der Waals surface area contributed by atoms with Gasteiger partial charge < -0.3 is 9.32 Å². The highest BCUT2D eigenvalue weighted by atomic mass is 35.5. The van der Waals surface area contributed by atoms with Crippen molar-refractivity contribution in [3.63, 3.8) is 0 Å². The smallest absolute Gasteiger partial charge is 0.137 e. The van der Waals surface area contributed by atoms with Crippen LogP contribution < -0.4 is 4.90 Å². The molecule has 0 saturated heterocycles. The number of hydrogen-bond donors (Lipinski definition) is 0. The first kappa shape index (κ1) is 36.7. The van der Waals surface area contributed by atoms with E-state index in [9.17, 15) is 0 Å². The van der Waals surface area contributed by atoms with Crippen LogP contribution in [-0.4, -0.2) is 0 Å². The summed E-state index contributed by atoms with van der Waals surface area (Å²) < 4.78 is 6.64. The average molecular weight is 836 g/mol. The second-order valence-corrected chi connectivity index (χ2v) is 17.3. The summed E-state index contributed by atoms with van der Waals surface area (Å²) in [7, 11) is 0. The van der Waals surface area contributed by atoms with Gasteiger partial charge in [-0.2, -0.15) is 0 Å². The molecule has 1 spiro atoms. The molecule has 1 heterocycles. The van der Waals surface area contributed by atoms with E-state index in [1.54, 1.807) is 0 Å². The molecule has 13 rings (SSSR count). The number of fused-ring (bicyclic) bond motifs is 13. The summed E-state index contributed by atoms with van der Waals surface area (Å²) in [4.78, 5) is 2.31. The van der Waals surface area contributed by atoms with Crippen molar-refractivity contribution in [1.29, 1.82) is 0 Å². The molecule has 0 unspecified atom stereocenters. The topological polar surface area (TPSA) is 16.4 Å². The van der Waals surface area contributed by atoms with E-state index in [1.165, 1.54) is 55.6 Å². The fourth-order valence-corrected chi connectivity index (χ4v) is 11.1. The zero-order valence-electron chi connectivity index (χ0n) is 34.7. The third-order valence-electron chi connectivity index (χ3n) is 13.6. The summed E-state index contributed by atoms with van der Waals surface area (Å²) in [6.07, 6.45) is 0. The molecule has 2 nitrogen and oxygen atoms in total. The maximum atomic E-state index is 7.70. The summed E-state index contributed by atoms with van der Waals surface area (Å²) in [5.41, 5.74) is 21.1. The van der Waals surface area contributed by atoms with Crippen LogP contribution in [0.15, 0.2) is 235 Å². The molecule has 0 fully saturated rings. The Kier molecular flexibility index (Phi) is 8.22. The second-order valence-electron chi connectivity index (χ2n) is 16.9. The van der Waals surface area contributed by atoms with Crippen LogP contribution in [0.5, 0.6) is 0 Å². The largest absolute Gasteiger partial charge is 0.456 e. The predicted molar refractivity (Wildman–Crippen MR) is 266 cm³/mol. The van der Waals surface area contributed by atoms with Crippen molar-refractivity contribution >= 4 is 50.6 Å². The van der Waals surface area contributed by atoms with Crippen LogP contribution in [0.2, 0.25) is 5.02 Å². The van der Waals surface area contributed by atoms with Gasteiger partial charge in [-0.05, 0) is 115 Å². The Morgan fingerprint density at radius 1 is 0.328 bits per heavy atom. The normalized spacial score (nSPS) is 12.9. The molecule has 2 aliphatic rings. The van der Waals surface area contributed by atoms with E-state index in [2.05, 4.69) is 229 Å². The molecule has 10 aromatic carbocycles. The Hall–Kier alpha value is -7.91. The van der Waals surface area contributed by atoms with Gasteiger partial charge in [-0.1, -0.05) is 188 Å². The average Bonchev–Trinajstić information content (AvgIpc) is 3.99. The quantitative estimate of drug-likeness (QED) is 0.166. The van der Waals surface area contributed by atoms with Crippen molar-refractivity contribution < 1.29 is 4.42 Å². The fourth-order valence-electron chi connectivity index (χ4n) is 10.7. The third-order valence-corrected chi connectivity index (χ3v) is 14.0.